The molecule has 1 nitrogen and oxygen atoms in total. The van der Waals surface area contributed by atoms with Crippen LogP contribution in [0.5, 0.6) is 0 Å². The highest BCUT2D eigenvalue weighted by Gasteiger charge is 2.51. The van der Waals surface area contributed by atoms with Crippen molar-refractivity contribution in [1.82, 2.24) is 0 Å². The lowest BCUT2D eigenvalue weighted by atomic mass is 9.62. The van der Waals surface area contributed by atoms with Crippen LogP contribution in [-0.4, -0.2) is 5.78 Å². The van der Waals surface area contributed by atoms with Crippen LogP contribution in [0.3, 0.4) is 0 Å². The second-order valence-electron chi connectivity index (χ2n) is 8.66. The summed E-state index contributed by atoms with van der Waals surface area (Å²) in [5.74, 6) is 1.06. The predicted molar refractivity (Wildman–Crippen MR) is 110 cm³/mol. The molecule has 0 saturated heterocycles. The third-order valence-electron chi connectivity index (χ3n) is 7.13. The molecule has 132 valence electrons. The van der Waals surface area contributed by atoms with E-state index in [4.69, 9.17) is 0 Å². The van der Waals surface area contributed by atoms with Gasteiger partial charge in [0.2, 0.25) is 0 Å². The van der Waals surface area contributed by atoms with E-state index in [1.54, 1.807) is 5.57 Å². The Bertz CT molecular complexity index is 1120. The van der Waals surface area contributed by atoms with Crippen molar-refractivity contribution in [1.29, 1.82) is 0 Å². The first kappa shape index (κ1) is 15.4. The topological polar surface area (TPSA) is 17.1 Å². The average molecular weight is 350 g/mol. The third-order valence-corrected chi connectivity index (χ3v) is 7.13. The summed E-state index contributed by atoms with van der Waals surface area (Å²) >= 11 is 0. The highest BCUT2D eigenvalue weighted by Crippen LogP contribution is 2.58. The van der Waals surface area contributed by atoms with Gasteiger partial charge in [-0.2, -0.15) is 0 Å². The minimum absolute atomic E-state index is 0.0844. The van der Waals surface area contributed by atoms with Gasteiger partial charge in [0.1, 0.15) is 5.78 Å². The summed E-state index contributed by atoms with van der Waals surface area (Å²) in [6, 6.07) is 22.0. The Kier molecular flexibility index (Phi) is 3.09. The molecule has 0 amide bonds. The number of hydrogen-bond donors (Lipinski definition) is 0. The third kappa shape index (κ3) is 2.21. The summed E-state index contributed by atoms with van der Waals surface area (Å²) in [5, 5.41) is 2.56. The predicted octanol–water partition coefficient (Wildman–Crippen LogP) is 6.00. The number of hydrogen-bond acceptors (Lipinski definition) is 1. The molecule has 0 heterocycles. The Morgan fingerprint density at radius 3 is 2.52 bits per heavy atom. The molecule has 3 aromatic rings. The van der Waals surface area contributed by atoms with E-state index in [1.165, 1.54) is 39.4 Å². The van der Waals surface area contributed by atoms with Crippen LogP contribution in [0.2, 0.25) is 0 Å². The van der Waals surface area contributed by atoms with Gasteiger partial charge in [-0.1, -0.05) is 66.2 Å². The fourth-order valence-corrected chi connectivity index (χ4v) is 5.92. The number of allylic oxidation sites excluding steroid dienone is 2. The summed E-state index contributed by atoms with van der Waals surface area (Å²) in [4.78, 5) is 12.7. The molecule has 3 aliphatic rings. The van der Waals surface area contributed by atoms with Crippen LogP contribution < -0.4 is 0 Å². The molecular weight excluding hydrogens is 328 g/mol. The summed E-state index contributed by atoms with van der Waals surface area (Å²) in [5.41, 5.74) is 6.89. The maximum absolute atomic E-state index is 12.7. The first-order valence-electron chi connectivity index (χ1n) is 10.0. The minimum Gasteiger partial charge on any atom is -0.299 e. The smallest absolute Gasteiger partial charge is 0.138 e. The van der Waals surface area contributed by atoms with Crippen molar-refractivity contribution in [3.05, 3.63) is 83.4 Å². The van der Waals surface area contributed by atoms with Crippen LogP contribution in [0, 0.1) is 5.92 Å². The van der Waals surface area contributed by atoms with E-state index >= 15 is 0 Å². The molecule has 3 aliphatic carbocycles. The molecule has 1 fully saturated rings. The van der Waals surface area contributed by atoms with Gasteiger partial charge in [-0.15, -0.1) is 0 Å². The Labute approximate surface area is 159 Å². The Morgan fingerprint density at radius 2 is 1.74 bits per heavy atom. The first-order valence-corrected chi connectivity index (χ1v) is 10.0. The van der Waals surface area contributed by atoms with Crippen molar-refractivity contribution < 1.29 is 4.79 Å². The molecule has 2 unspecified atom stereocenters. The molecule has 1 saturated carbocycles. The van der Waals surface area contributed by atoms with Gasteiger partial charge >= 0.3 is 0 Å². The van der Waals surface area contributed by atoms with Gasteiger partial charge < -0.3 is 0 Å². The van der Waals surface area contributed by atoms with Gasteiger partial charge in [0.15, 0.2) is 0 Å². The molecule has 0 N–H and O–H groups in total. The van der Waals surface area contributed by atoms with Gasteiger partial charge in [0.25, 0.3) is 0 Å². The monoisotopic (exact) mass is 350 g/mol. The highest BCUT2D eigenvalue weighted by molar-refractivity contribution is 5.93. The first-order chi connectivity index (χ1) is 13.2. The summed E-state index contributed by atoms with van der Waals surface area (Å²) in [7, 11) is 0. The van der Waals surface area contributed by atoms with E-state index in [-0.39, 0.29) is 5.41 Å². The van der Waals surface area contributed by atoms with Crippen molar-refractivity contribution in [2.24, 2.45) is 5.92 Å². The lowest BCUT2D eigenvalue weighted by molar-refractivity contribution is -0.120. The Hall–Kier alpha value is -2.67. The van der Waals surface area contributed by atoms with Crippen molar-refractivity contribution in [3.8, 4) is 11.1 Å². The number of rotatable bonds is 1. The lowest BCUT2D eigenvalue weighted by Crippen LogP contribution is -2.39. The van der Waals surface area contributed by atoms with Gasteiger partial charge in [-0.3, -0.25) is 4.79 Å². The molecule has 2 bridgehead atoms. The molecule has 1 spiro atoms. The standard InChI is InChI=1S/C26H22O/c27-24-13-22-12-21-11-19(18-4-2-1-3-5-18)7-8-20(21)14-25(22)26(16-24)15-17-6-9-23(26)10-17/h1-8,11-12,14,23H,9-10,13,15-16H2. The highest BCUT2D eigenvalue weighted by atomic mass is 16.1. The number of carbonyl (C=O) groups is 1. The number of benzene rings is 3. The fourth-order valence-electron chi connectivity index (χ4n) is 5.92. The molecule has 0 radical (unpaired) electrons. The zero-order chi connectivity index (χ0) is 18.0. The number of ketones is 1. The van der Waals surface area contributed by atoms with Crippen LogP contribution in [0.1, 0.15) is 36.8 Å². The Balaban J connectivity index is 1.53. The number of Topliss-reactive ketones (excluding diaryl/α,β-unsaturated/α-hetero) is 1. The Morgan fingerprint density at radius 1 is 0.852 bits per heavy atom. The van der Waals surface area contributed by atoms with Crippen molar-refractivity contribution >= 4 is 16.6 Å². The van der Waals surface area contributed by atoms with Gasteiger partial charge in [-0.05, 0) is 64.3 Å². The molecule has 2 atom stereocenters. The zero-order valence-electron chi connectivity index (χ0n) is 15.4. The van der Waals surface area contributed by atoms with Crippen molar-refractivity contribution in [3.63, 3.8) is 0 Å². The zero-order valence-corrected chi connectivity index (χ0v) is 15.4. The molecule has 27 heavy (non-hydrogen) atoms. The second-order valence-corrected chi connectivity index (χ2v) is 8.66. The van der Waals surface area contributed by atoms with E-state index in [2.05, 4.69) is 66.7 Å². The summed E-state index contributed by atoms with van der Waals surface area (Å²) < 4.78 is 0. The van der Waals surface area contributed by atoms with Crippen LogP contribution >= 0.6 is 0 Å². The minimum atomic E-state index is 0.0844. The quantitative estimate of drug-likeness (QED) is 0.492. The van der Waals surface area contributed by atoms with Gasteiger partial charge in [-0.25, -0.2) is 0 Å². The van der Waals surface area contributed by atoms with Crippen LogP contribution in [-0.2, 0) is 16.6 Å². The van der Waals surface area contributed by atoms with Crippen LogP contribution in [0.15, 0.2) is 72.3 Å². The van der Waals surface area contributed by atoms with E-state index in [1.807, 2.05) is 0 Å². The molecule has 0 aliphatic heterocycles. The van der Waals surface area contributed by atoms with Crippen LogP contribution in [0.4, 0.5) is 0 Å². The summed E-state index contributed by atoms with van der Waals surface area (Å²) in [6.07, 6.45) is 7.24. The lowest BCUT2D eigenvalue weighted by Gasteiger charge is -2.41. The molecule has 1 heteroatoms. The second kappa shape index (κ2) is 5.42. The van der Waals surface area contributed by atoms with E-state index in [0.29, 0.717) is 18.1 Å². The fraction of sp³-hybridized carbons (Fsp3) is 0.269. The van der Waals surface area contributed by atoms with E-state index in [0.717, 1.165) is 19.3 Å². The van der Waals surface area contributed by atoms with E-state index < -0.39 is 0 Å². The van der Waals surface area contributed by atoms with Gasteiger partial charge in [0.05, 0.1) is 0 Å². The molecule has 0 aromatic heterocycles. The van der Waals surface area contributed by atoms with Gasteiger partial charge in [0, 0.05) is 18.3 Å². The SMILES string of the molecule is O=C1Cc2cc3cc(-c4ccccc4)ccc3cc2C2(C1)CC1=CCC2C1. The molecule has 6 rings (SSSR count). The number of fused-ring (bicyclic) bond motifs is 6. The largest absolute Gasteiger partial charge is 0.299 e. The maximum Gasteiger partial charge on any atom is 0.138 e. The molecular formula is C26H22O. The molecule has 3 aromatic carbocycles. The normalized spacial score (nSPS) is 25.9. The van der Waals surface area contributed by atoms with Crippen molar-refractivity contribution in [2.45, 2.75) is 37.5 Å². The average Bonchev–Trinajstić information content (AvgIpc) is 3.28. The van der Waals surface area contributed by atoms with Crippen molar-refractivity contribution in [2.75, 3.05) is 0 Å². The maximum atomic E-state index is 12.7. The summed E-state index contributed by atoms with van der Waals surface area (Å²) in [6.45, 7) is 0. The van der Waals surface area contributed by atoms with Crippen LogP contribution in [0.25, 0.3) is 21.9 Å². The number of carbonyl (C=O) groups excluding carboxylic acids is 1. The van der Waals surface area contributed by atoms with E-state index in [9.17, 15) is 4.79 Å².